The number of morpholine rings is 1. The summed E-state index contributed by atoms with van der Waals surface area (Å²) in [6.07, 6.45) is 0.120. The van der Waals surface area contributed by atoms with Crippen molar-refractivity contribution in [2.24, 2.45) is 16.7 Å². The topological polar surface area (TPSA) is 59.0 Å². The fourth-order valence-electron chi connectivity index (χ4n) is 2.98. The van der Waals surface area contributed by atoms with Gasteiger partial charge in [0, 0.05) is 19.6 Å². The van der Waals surface area contributed by atoms with Gasteiger partial charge < -0.3 is 14.6 Å². The van der Waals surface area contributed by atoms with E-state index in [-0.39, 0.29) is 18.0 Å². The Bertz CT molecular complexity index is 372. The van der Waals surface area contributed by atoms with E-state index in [9.17, 15) is 9.90 Å². The molecule has 1 rings (SSSR count). The van der Waals surface area contributed by atoms with Crippen LogP contribution >= 0.6 is 0 Å². The molecule has 2 atom stereocenters. The highest BCUT2D eigenvalue weighted by molar-refractivity contribution is 5.77. The molecule has 1 N–H and O–H groups in total. The van der Waals surface area contributed by atoms with Crippen molar-refractivity contribution in [1.29, 1.82) is 0 Å². The average Bonchev–Trinajstić information content (AvgIpc) is 2.43. The Morgan fingerprint density at radius 3 is 2.26 bits per heavy atom. The van der Waals surface area contributed by atoms with E-state index < -0.39 is 11.5 Å². The number of aliphatic hydroxyl groups is 1. The quantitative estimate of drug-likeness (QED) is 0.727. The highest BCUT2D eigenvalue weighted by atomic mass is 16.5. The molecule has 1 aliphatic heterocycles. The highest BCUT2D eigenvalue weighted by Gasteiger charge is 2.45. The zero-order valence-corrected chi connectivity index (χ0v) is 15.7. The SMILES string of the molecule is CC(C)CC(C)(C(=O)OCC(O)CN1CCOCC1)C(C)(C)C. The number of esters is 1. The van der Waals surface area contributed by atoms with Gasteiger partial charge in [-0.3, -0.25) is 9.69 Å². The molecular weight excluding hydrogens is 294 g/mol. The second-order valence-corrected chi connectivity index (χ2v) is 8.35. The Labute approximate surface area is 141 Å². The minimum absolute atomic E-state index is 0.0555. The van der Waals surface area contributed by atoms with Crippen molar-refractivity contribution in [2.75, 3.05) is 39.5 Å². The molecule has 0 radical (unpaired) electrons. The molecule has 0 aromatic rings. The third-order valence-electron chi connectivity index (χ3n) is 4.90. The zero-order valence-electron chi connectivity index (χ0n) is 15.7. The number of nitrogens with zero attached hydrogens (tertiary/aromatic N) is 1. The van der Waals surface area contributed by atoms with Crippen molar-refractivity contribution in [3.63, 3.8) is 0 Å². The Kier molecular flexibility index (Phi) is 7.49. The molecular formula is C18H35NO4. The van der Waals surface area contributed by atoms with E-state index in [1.165, 1.54) is 0 Å². The van der Waals surface area contributed by atoms with Crippen LogP contribution < -0.4 is 0 Å². The lowest BCUT2D eigenvalue weighted by Gasteiger charge is -2.41. The first-order valence-corrected chi connectivity index (χ1v) is 8.71. The van der Waals surface area contributed by atoms with Crippen molar-refractivity contribution >= 4 is 5.97 Å². The van der Waals surface area contributed by atoms with Gasteiger partial charge in [-0.1, -0.05) is 34.6 Å². The highest BCUT2D eigenvalue weighted by Crippen LogP contribution is 2.44. The standard InChI is InChI=1S/C18H35NO4/c1-14(2)11-18(6,17(3,4)5)16(21)23-13-15(20)12-19-7-9-22-10-8-19/h14-15,20H,7-13H2,1-6H3. The van der Waals surface area contributed by atoms with E-state index >= 15 is 0 Å². The van der Waals surface area contributed by atoms with Gasteiger partial charge in [0.2, 0.25) is 0 Å². The van der Waals surface area contributed by atoms with Crippen LogP contribution in [0, 0.1) is 16.7 Å². The van der Waals surface area contributed by atoms with Crippen LogP contribution in [0.15, 0.2) is 0 Å². The molecule has 0 spiro atoms. The Morgan fingerprint density at radius 1 is 1.22 bits per heavy atom. The second kappa shape index (κ2) is 8.45. The van der Waals surface area contributed by atoms with Crippen LogP contribution in [0.4, 0.5) is 0 Å². The number of hydrogen-bond donors (Lipinski definition) is 1. The largest absolute Gasteiger partial charge is 0.462 e. The van der Waals surface area contributed by atoms with Gasteiger partial charge in [-0.15, -0.1) is 0 Å². The van der Waals surface area contributed by atoms with E-state index in [1.807, 2.05) is 6.92 Å². The van der Waals surface area contributed by atoms with E-state index in [0.717, 1.165) is 19.5 Å². The predicted molar refractivity (Wildman–Crippen MR) is 91.2 cm³/mol. The molecule has 0 aliphatic carbocycles. The van der Waals surface area contributed by atoms with Crippen LogP contribution in [0.1, 0.15) is 48.0 Å². The molecule has 1 heterocycles. The lowest BCUT2D eigenvalue weighted by Crippen LogP contribution is -2.45. The third-order valence-corrected chi connectivity index (χ3v) is 4.90. The summed E-state index contributed by atoms with van der Waals surface area (Å²) in [6.45, 7) is 16.0. The molecule has 0 saturated carbocycles. The first kappa shape index (κ1) is 20.4. The Hall–Kier alpha value is -0.650. The summed E-state index contributed by atoms with van der Waals surface area (Å²) < 4.78 is 10.8. The summed E-state index contributed by atoms with van der Waals surface area (Å²) in [5.41, 5.74) is -0.747. The van der Waals surface area contributed by atoms with Gasteiger partial charge in [0.15, 0.2) is 0 Å². The monoisotopic (exact) mass is 329 g/mol. The van der Waals surface area contributed by atoms with Crippen LogP contribution in [-0.2, 0) is 14.3 Å². The van der Waals surface area contributed by atoms with Crippen LogP contribution in [0.3, 0.4) is 0 Å². The molecule has 136 valence electrons. The maximum atomic E-state index is 12.7. The molecule has 5 heteroatoms. The van der Waals surface area contributed by atoms with Crippen molar-refractivity contribution in [1.82, 2.24) is 4.90 Å². The third kappa shape index (κ3) is 6.05. The molecule has 1 fully saturated rings. The molecule has 0 amide bonds. The molecule has 1 saturated heterocycles. The summed E-state index contributed by atoms with van der Waals surface area (Å²) in [7, 11) is 0. The van der Waals surface area contributed by atoms with Gasteiger partial charge in [0.05, 0.1) is 18.6 Å². The summed E-state index contributed by atoms with van der Waals surface area (Å²) in [5, 5.41) is 10.1. The van der Waals surface area contributed by atoms with Gasteiger partial charge in [0.1, 0.15) is 12.7 Å². The normalized spacial score (nSPS) is 21.0. The minimum Gasteiger partial charge on any atom is -0.462 e. The lowest BCUT2D eigenvalue weighted by molar-refractivity contribution is -0.167. The summed E-state index contributed by atoms with van der Waals surface area (Å²) in [5.74, 6) is 0.199. The first-order valence-electron chi connectivity index (χ1n) is 8.71. The summed E-state index contributed by atoms with van der Waals surface area (Å²) in [4.78, 5) is 14.8. The fourth-order valence-corrected chi connectivity index (χ4v) is 2.98. The molecule has 0 aromatic carbocycles. The maximum absolute atomic E-state index is 12.7. The van der Waals surface area contributed by atoms with Crippen LogP contribution in [0.5, 0.6) is 0 Å². The summed E-state index contributed by atoms with van der Waals surface area (Å²) in [6, 6.07) is 0. The average molecular weight is 329 g/mol. The van der Waals surface area contributed by atoms with E-state index in [2.05, 4.69) is 39.5 Å². The van der Waals surface area contributed by atoms with E-state index in [1.54, 1.807) is 0 Å². The number of carbonyl (C=O) groups excluding carboxylic acids is 1. The van der Waals surface area contributed by atoms with E-state index in [0.29, 0.717) is 25.7 Å². The van der Waals surface area contributed by atoms with Crippen LogP contribution in [-0.4, -0.2) is 61.5 Å². The van der Waals surface area contributed by atoms with Gasteiger partial charge in [-0.2, -0.15) is 0 Å². The smallest absolute Gasteiger partial charge is 0.312 e. The second-order valence-electron chi connectivity index (χ2n) is 8.35. The first-order chi connectivity index (χ1) is 10.6. The molecule has 2 unspecified atom stereocenters. The summed E-state index contributed by atoms with van der Waals surface area (Å²) >= 11 is 0. The molecule has 23 heavy (non-hydrogen) atoms. The van der Waals surface area contributed by atoms with Gasteiger partial charge in [-0.25, -0.2) is 0 Å². The molecule has 1 aliphatic rings. The van der Waals surface area contributed by atoms with Gasteiger partial charge in [-0.05, 0) is 24.7 Å². The van der Waals surface area contributed by atoms with E-state index in [4.69, 9.17) is 9.47 Å². The Morgan fingerprint density at radius 2 is 1.78 bits per heavy atom. The lowest BCUT2D eigenvalue weighted by atomic mass is 9.64. The number of ether oxygens (including phenoxy) is 2. The number of β-amino-alcohol motifs (C(OH)–C–C–N with tert-alkyl or cyclic N) is 1. The van der Waals surface area contributed by atoms with Crippen LogP contribution in [0.25, 0.3) is 0 Å². The number of carbonyl (C=O) groups is 1. The minimum atomic E-state index is -0.652. The van der Waals surface area contributed by atoms with Crippen molar-refractivity contribution in [3.8, 4) is 0 Å². The fraction of sp³-hybridized carbons (Fsp3) is 0.944. The molecule has 0 aromatic heterocycles. The number of hydrogen-bond acceptors (Lipinski definition) is 5. The van der Waals surface area contributed by atoms with Crippen molar-refractivity contribution in [3.05, 3.63) is 0 Å². The van der Waals surface area contributed by atoms with Gasteiger partial charge in [0.25, 0.3) is 0 Å². The molecule has 0 bridgehead atoms. The van der Waals surface area contributed by atoms with Gasteiger partial charge >= 0.3 is 5.97 Å². The number of aliphatic hydroxyl groups excluding tert-OH is 1. The molecule has 5 nitrogen and oxygen atoms in total. The number of rotatable bonds is 7. The zero-order chi connectivity index (χ0) is 17.7. The maximum Gasteiger partial charge on any atom is 0.312 e. The predicted octanol–water partition coefficient (Wildman–Crippen LogP) is 2.32. The van der Waals surface area contributed by atoms with Crippen molar-refractivity contribution in [2.45, 2.75) is 54.1 Å². The Balaban J connectivity index is 2.54. The van der Waals surface area contributed by atoms with Crippen molar-refractivity contribution < 1.29 is 19.4 Å². The van der Waals surface area contributed by atoms with Crippen LogP contribution in [0.2, 0.25) is 0 Å².